The van der Waals surface area contributed by atoms with Crippen LogP contribution in [0.4, 0.5) is 5.95 Å². The van der Waals surface area contributed by atoms with Crippen LogP contribution in [0.15, 0.2) is 35.7 Å². The minimum absolute atomic E-state index is 0.0356. The molecule has 1 aromatic carbocycles. The Balaban J connectivity index is 1.58. The largest absolute Gasteiger partial charge is 0.490 e. The van der Waals surface area contributed by atoms with E-state index in [2.05, 4.69) is 30.9 Å². The van der Waals surface area contributed by atoms with Gasteiger partial charge < -0.3 is 10.1 Å². The molecule has 0 aliphatic rings. The van der Waals surface area contributed by atoms with Crippen LogP contribution in [0.3, 0.4) is 0 Å². The van der Waals surface area contributed by atoms with Crippen molar-refractivity contribution in [2.75, 3.05) is 0 Å². The molecule has 0 unspecified atom stereocenters. The van der Waals surface area contributed by atoms with E-state index in [0.717, 1.165) is 5.52 Å². The monoisotopic (exact) mass is 343 g/mol. The number of hydrazone groups is 1. The summed E-state index contributed by atoms with van der Waals surface area (Å²) in [5.41, 5.74) is 4.34. The van der Waals surface area contributed by atoms with Gasteiger partial charge in [0.2, 0.25) is 6.33 Å². The third kappa shape index (κ3) is 3.80. The molecule has 128 valence electrons. The van der Waals surface area contributed by atoms with Crippen LogP contribution in [0.25, 0.3) is 11.0 Å². The Morgan fingerprint density at radius 2 is 2.16 bits per heavy atom. The van der Waals surface area contributed by atoms with Crippen LogP contribution < -0.4 is 5.43 Å². The Morgan fingerprint density at radius 3 is 2.92 bits per heavy atom. The zero-order chi connectivity index (χ0) is 17.8. The van der Waals surface area contributed by atoms with Crippen LogP contribution >= 0.6 is 0 Å². The number of rotatable bonds is 6. The van der Waals surface area contributed by atoms with Gasteiger partial charge in [-0.2, -0.15) is 9.78 Å². The van der Waals surface area contributed by atoms with Crippen LogP contribution in [0.5, 0.6) is 0 Å². The van der Waals surface area contributed by atoms with E-state index >= 15 is 0 Å². The molecule has 0 bridgehead atoms. The van der Waals surface area contributed by atoms with E-state index in [-0.39, 0.29) is 19.0 Å². The number of hydrogen-bond donors (Lipinski definition) is 1. The van der Waals surface area contributed by atoms with Crippen molar-refractivity contribution < 1.29 is 9.72 Å². The Bertz CT molecular complexity index is 958. The van der Waals surface area contributed by atoms with Crippen molar-refractivity contribution in [3.63, 3.8) is 0 Å². The fraction of sp³-hybridized carbons (Fsp3) is 0.231. The number of hydrogen-bond acceptors (Lipinski definition) is 8. The van der Waals surface area contributed by atoms with Crippen molar-refractivity contribution in [3.8, 4) is 0 Å². The first-order valence-electron chi connectivity index (χ1n) is 7.17. The number of carbonyl (C=O) groups is 1. The van der Waals surface area contributed by atoms with Crippen molar-refractivity contribution in [1.82, 2.24) is 35.2 Å². The molecule has 0 saturated heterocycles. The summed E-state index contributed by atoms with van der Waals surface area (Å²) in [5.74, 6) is -0.866. The molecule has 12 nitrogen and oxygen atoms in total. The molecule has 0 spiro atoms. The zero-order valence-corrected chi connectivity index (χ0v) is 13.1. The lowest BCUT2D eigenvalue weighted by molar-refractivity contribution is -0.394. The van der Waals surface area contributed by atoms with Gasteiger partial charge >= 0.3 is 5.95 Å². The quantitative estimate of drug-likeness (QED) is 0.380. The number of nitrogens with one attached hydrogen (secondary N) is 1. The second kappa shape index (κ2) is 6.82. The molecule has 2 aromatic heterocycles. The number of nitrogens with zero attached hydrogens (tertiary/aromatic N) is 8. The second-order valence-corrected chi connectivity index (χ2v) is 5.12. The Kier molecular flexibility index (Phi) is 4.41. The SMILES string of the molecule is C/C(Cn1cnc([N+](=O)[O-])n1)=N\NC(=O)Cn1nnc2ccccc21. The Morgan fingerprint density at radius 1 is 1.36 bits per heavy atom. The summed E-state index contributed by atoms with van der Waals surface area (Å²) in [7, 11) is 0. The third-order valence-electron chi connectivity index (χ3n) is 3.16. The Labute approximate surface area is 140 Å². The van der Waals surface area contributed by atoms with Gasteiger partial charge in [0.1, 0.15) is 12.1 Å². The van der Waals surface area contributed by atoms with E-state index in [4.69, 9.17) is 0 Å². The number of nitro groups is 1. The molecule has 0 radical (unpaired) electrons. The molecular formula is C13H13N9O3. The number of fused-ring (bicyclic) bond motifs is 1. The lowest BCUT2D eigenvalue weighted by atomic mass is 10.3. The van der Waals surface area contributed by atoms with E-state index in [1.807, 2.05) is 18.2 Å². The molecule has 1 N–H and O–H groups in total. The summed E-state index contributed by atoms with van der Waals surface area (Å²) in [5, 5.41) is 26.0. The van der Waals surface area contributed by atoms with Gasteiger partial charge in [0.15, 0.2) is 0 Å². The van der Waals surface area contributed by atoms with Gasteiger partial charge in [0.25, 0.3) is 5.91 Å². The van der Waals surface area contributed by atoms with Gasteiger partial charge in [-0.05, 0) is 24.0 Å². The molecule has 3 rings (SSSR count). The summed E-state index contributed by atoms with van der Waals surface area (Å²) in [6.07, 6.45) is 1.22. The van der Waals surface area contributed by atoms with Gasteiger partial charge in [0.05, 0.1) is 17.8 Å². The van der Waals surface area contributed by atoms with Gasteiger partial charge in [-0.3, -0.25) is 4.79 Å². The summed E-state index contributed by atoms with van der Waals surface area (Å²) in [4.78, 5) is 25.3. The number of carbonyl (C=O) groups excluding carboxylic acids is 1. The van der Waals surface area contributed by atoms with Crippen molar-refractivity contribution in [2.45, 2.75) is 20.0 Å². The maximum Gasteiger partial charge on any atom is 0.490 e. The van der Waals surface area contributed by atoms with E-state index in [1.54, 1.807) is 13.0 Å². The highest BCUT2D eigenvalue weighted by molar-refractivity contribution is 5.84. The number of aromatic nitrogens is 6. The first-order chi connectivity index (χ1) is 12.0. The minimum atomic E-state index is -0.687. The zero-order valence-electron chi connectivity index (χ0n) is 13.1. The normalized spacial score (nSPS) is 11.6. The fourth-order valence-corrected chi connectivity index (χ4v) is 2.08. The highest BCUT2D eigenvalue weighted by Gasteiger charge is 2.13. The van der Waals surface area contributed by atoms with Gasteiger partial charge in [-0.25, -0.2) is 10.1 Å². The molecule has 3 aromatic rings. The van der Waals surface area contributed by atoms with Crippen LogP contribution in [0, 0.1) is 10.1 Å². The van der Waals surface area contributed by atoms with Gasteiger partial charge in [-0.1, -0.05) is 22.3 Å². The van der Waals surface area contributed by atoms with Gasteiger partial charge in [0, 0.05) is 5.10 Å². The van der Waals surface area contributed by atoms with Crippen molar-refractivity contribution in [3.05, 3.63) is 40.7 Å². The van der Waals surface area contributed by atoms with Crippen molar-refractivity contribution in [1.29, 1.82) is 0 Å². The number of para-hydroxylation sites is 1. The molecule has 0 fully saturated rings. The van der Waals surface area contributed by atoms with Crippen molar-refractivity contribution >= 4 is 28.6 Å². The first-order valence-corrected chi connectivity index (χ1v) is 7.17. The molecule has 2 heterocycles. The first kappa shape index (κ1) is 16.2. The summed E-state index contributed by atoms with van der Waals surface area (Å²) in [6.45, 7) is 1.78. The molecule has 1 amide bonds. The van der Waals surface area contributed by atoms with E-state index in [9.17, 15) is 14.9 Å². The smallest absolute Gasteiger partial charge is 0.390 e. The number of benzene rings is 1. The average Bonchev–Trinajstić information content (AvgIpc) is 3.21. The van der Waals surface area contributed by atoms with Crippen LogP contribution in [-0.4, -0.2) is 46.3 Å². The van der Waals surface area contributed by atoms with E-state index in [0.29, 0.717) is 11.2 Å². The predicted molar refractivity (Wildman–Crippen MR) is 85.5 cm³/mol. The molecular weight excluding hydrogens is 330 g/mol. The van der Waals surface area contributed by atoms with Crippen LogP contribution in [0.1, 0.15) is 6.92 Å². The number of amides is 1. The molecule has 12 heteroatoms. The maximum atomic E-state index is 12.0. The van der Waals surface area contributed by atoms with Crippen molar-refractivity contribution in [2.24, 2.45) is 5.10 Å². The summed E-state index contributed by atoms with van der Waals surface area (Å²) < 4.78 is 2.73. The van der Waals surface area contributed by atoms with E-state index < -0.39 is 10.9 Å². The molecule has 0 aliphatic heterocycles. The highest BCUT2D eigenvalue weighted by Crippen LogP contribution is 2.09. The van der Waals surface area contributed by atoms with E-state index in [1.165, 1.54) is 15.7 Å². The van der Waals surface area contributed by atoms with Crippen LogP contribution in [-0.2, 0) is 17.9 Å². The lowest BCUT2D eigenvalue weighted by Crippen LogP contribution is -2.25. The lowest BCUT2D eigenvalue weighted by Gasteiger charge is -2.02. The summed E-state index contributed by atoms with van der Waals surface area (Å²) >= 11 is 0. The molecule has 0 saturated carbocycles. The summed E-state index contributed by atoms with van der Waals surface area (Å²) in [6, 6.07) is 7.29. The molecule has 0 atom stereocenters. The maximum absolute atomic E-state index is 12.0. The fourth-order valence-electron chi connectivity index (χ4n) is 2.08. The Hall–Kier alpha value is -3.70. The average molecular weight is 343 g/mol. The minimum Gasteiger partial charge on any atom is -0.390 e. The topological polar surface area (TPSA) is 146 Å². The van der Waals surface area contributed by atoms with Gasteiger partial charge in [-0.15, -0.1) is 5.10 Å². The highest BCUT2D eigenvalue weighted by atomic mass is 16.6. The van der Waals surface area contributed by atoms with Crippen LogP contribution in [0.2, 0.25) is 0 Å². The molecule has 0 aliphatic carbocycles. The third-order valence-corrected chi connectivity index (χ3v) is 3.16. The molecule has 25 heavy (non-hydrogen) atoms. The standard InChI is InChI=1S/C13H13N9O3/c1-9(6-20-8-14-13(18-20)22(24)25)15-17-12(23)7-21-11-5-3-2-4-10(11)16-19-21/h2-5,8H,6-7H2,1H3,(H,17,23)/b15-9+. The second-order valence-electron chi connectivity index (χ2n) is 5.12. The predicted octanol–water partition coefficient (Wildman–Crippen LogP) is 0.123.